The fraction of sp³-hybridized carbons (Fsp3) is 0.455. The molecule has 0 radical (unpaired) electrons. The molecule has 0 fully saturated rings. The zero-order valence-corrected chi connectivity index (χ0v) is 8.06. The third-order valence-corrected chi connectivity index (χ3v) is 2.52. The van der Waals surface area contributed by atoms with E-state index < -0.39 is 0 Å². The summed E-state index contributed by atoms with van der Waals surface area (Å²) in [6.45, 7) is 0. The van der Waals surface area contributed by atoms with Crippen LogP contribution in [0.25, 0.3) is 5.57 Å². The Morgan fingerprint density at radius 3 is 2.79 bits per heavy atom. The van der Waals surface area contributed by atoms with Gasteiger partial charge < -0.3 is 5.11 Å². The van der Waals surface area contributed by atoms with Gasteiger partial charge in [-0.25, -0.2) is 9.97 Å². The van der Waals surface area contributed by atoms with E-state index in [0.717, 1.165) is 31.2 Å². The first-order valence-electron chi connectivity index (χ1n) is 5.00. The van der Waals surface area contributed by atoms with Gasteiger partial charge in [-0.3, -0.25) is 0 Å². The fourth-order valence-electron chi connectivity index (χ4n) is 1.77. The van der Waals surface area contributed by atoms with Crippen molar-refractivity contribution in [1.82, 2.24) is 9.97 Å². The van der Waals surface area contributed by atoms with Gasteiger partial charge in [0.25, 0.3) is 0 Å². The summed E-state index contributed by atoms with van der Waals surface area (Å²) >= 11 is 0. The lowest BCUT2D eigenvalue weighted by Crippen LogP contribution is -2.00. The summed E-state index contributed by atoms with van der Waals surface area (Å²) in [4.78, 5) is 7.96. The van der Waals surface area contributed by atoms with Crippen LogP contribution in [-0.2, 0) is 0 Å². The molecule has 3 nitrogen and oxygen atoms in total. The summed E-state index contributed by atoms with van der Waals surface area (Å²) in [6, 6.07) is 0. The van der Waals surface area contributed by atoms with Gasteiger partial charge in [-0.2, -0.15) is 0 Å². The van der Waals surface area contributed by atoms with Crippen molar-refractivity contribution >= 4 is 5.57 Å². The Morgan fingerprint density at radius 2 is 2.00 bits per heavy atom. The number of rotatable bonds is 1. The number of aliphatic hydroxyl groups is 1. The van der Waals surface area contributed by atoms with E-state index >= 15 is 0 Å². The van der Waals surface area contributed by atoms with Gasteiger partial charge in [0.15, 0.2) is 0 Å². The van der Waals surface area contributed by atoms with Gasteiger partial charge in [0.1, 0.15) is 6.33 Å². The lowest BCUT2D eigenvalue weighted by molar-refractivity contribution is 0.211. The zero-order chi connectivity index (χ0) is 9.80. The standard InChI is InChI=1S/C11H14N2O/c14-11-4-2-1-3-9(5-11)10-6-12-8-13-7-10/h5-8,11,14H,1-4H2. The minimum absolute atomic E-state index is 0.298. The van der Waals surface area contributed by atoms with E-state index in [1.807, 2.05) is 6.08 Å². The molecule has 1 atom stereocenters. The predicted octanol–water partition coefficient (Wildman–Crippen LogP) is 1.79. The minimum atomic E-state index is -0.298. The molecule has 74 valence electrons. The van der Waals surface area contributed by atoms with Crippen LogP contribution < -0.4 is 0 Å². The molecule has 2 rings (SSSR count). The van der Waals surface area contributed by atoms with E-state index in [-0.39, 0.29) is 6.10 Å². The lowest BCUT2D eigenvalue weighted by Gasteiger charge is -2.04. The number of allylic oxidation sites excluding steroid dienone is 1. The maximum atomic E-state index is 9.60. The van der Waals surface area contributed by atoms with E-state index in [9.17, 15) is 5.11 Å². The largest absolute Gasteiger partial charge is 0.389 e. The molecule has 0 aliphatic heterocycles. The maximum absolute atomic E-state index is 9.60. The van der Waals surface area contributed by atoms with Crippen molar-refractivity contribution in [3.05, 3.63) is 30.4 Å². The molecule has 0 spiro atoms. The molecular weight excluding hydrogens is 176 g/mol. The highest BCUT2D eigenvalue weighted by atomic mass is 16.3. The second-order valence-electron chi connectivity index (χ2n) is 3.63. The second-order valence-corrected chi connectivity index (χ2v) is 3.63. The van der Waals surface area contributed by atoms with Gasteiger partial charge in [0.2, 0.25) is 0 Å². The van der Waals surface area contributed by atoms with Gasteiger partial charge in [-0.1, -0.05) is 12.5 Å². The number of hydrogen-bond acceptors (Lipinski definition) is 3. The van der Waals surface area contributed by atoms with E-state index in [2.05, 4.69) is 9.97 Å². The normalized spacial score (nSPS) is 22.6. The molecule has 1 heterocycles. The number of hydrogen-bond donors (Lipinski definition) is 1. The minimum Gasteiger partial charge on any atom is -0.389 e. The van der Waals surface area contributed by atoms with Crippen LogP contribution >= 0.6 is 0 Å². The number of nitrogens with zero attached hydrogens (tertiary/aromatic N) is 2. The smallest absolute Gasteiger partial charge is 0.115 e. The van der Waals surface area contributed by atoms with Crippen molar-refractivity contribution in [1.29, 1.82) is 0 Å². The van der Waals surface area contributed by atoms with E-state index in [4.69, 9.17) is 0 Å². The Morgan fingerprint density at radius 1 is 1.21 bits per heavy atom. The molecule has 14 heavy (non-hydrogen) atoms. The summed E-state index contributed by atoms with van der Waals surface area (Å²) in [5.41, 5.74) is 2.21. The van der Waals surface area contributed by atoms with Crippen LogP contribution in [0.3, 0.4) is 0 Å². The lowest BCUT2D eigenvalue weighted by atomic mass is 10.0. The molecule has 1 aliphatic carbocycles. The van der Waals surface area contributed by atoms with Crippen molar-refractivity contribution in [2.24, 2.45) is 0 Å². The van der Waals surface area contributed by atoms with Crippen LogP contribution in [0, 0.1) is 0 Å². The molecule has 0 saturated carbocycles. The monoisotopic (exact) mass is 190 g/mol. The maximum Gasteiger partial charge on any atom is 0.115 e. The molecule has 1 aliphatic rings. The number of aromatic nitrogens is 2. The molecule has 0 amide bonds. The topological polar surface area (TPSA) is 46.0 Å². The Bertz CT molecular complexity index is 321. The first-order valence-corrected chi connectivity index (χ1v) is 5.00. The van der Waals surface area contributed by atoms with Crippen LogP contribution in [0.4, 0.5) is 0 Å². The average molecular weight is 190 g/mol. The van der Waals surface area contributed by atoms with Crippen molar-refractivity contribution in [2.45, 2.75) is 31.8 Å². The van der Waals surface area contributed by atoms with E-state index in [1.165, 1.54) is 11.9 Å². The summed E-state index contributed by atoms with van der Waals surface area (Å²) < 4.78 is 0. The van der Waals surface area contributed by atoms with E-state index in [0.29, 0.717) is 0 Å². The molecule has 3 heteroatoms. The molecule has 1 N–H and O–H groups in total. The zero-order valence-electron chi connectivity index (χ0n) is 8.06. The van der Waals surface area contributed by atoms with Crippen LogP contribution in [0.15, 0.2) is 24.8 Å². The van der Waals surface area contributed by atoms with Gasteiger partial charge >= 0.3 is 0 Å². The SMILES string of the molecule is OC1C=C(c2cncnc2)CCCC1. The molecule has 0 aromatic carbocycles. The molecular formula is C11H14N2O. The average Bonchev–Trinajstić information content (AvgIpc) is 2.44. The highest BCUT2D eigenvalue weighted by Crippen LogP contribution is 2.24. The predicted molar refractivity (Wildman–Crippen MR) is 54.5 cm³/mol. The summed E-state index contributed by atoms with van der Waals surface area (Å²) in [7, 11) is 0. The van der Waals surface area contributed by atoms with Gasteiger partial charge in [-0.05, 0) is 24.8 Å². The van der Waals surface area contributed by atoms with Gasteiger partial charge in [0, 0.05) is 18.0 Å². The second kappa shape index (κ2) is 4.33. The Balaban J connectivity index is 2.24. The molecule has 0 saturated heterocycles. The highest BCUT2D eigenvalue weighted by Gasteiger charge is 2.10. The Hall–Kier alpha value is -1.22. The highest BCUT2D eigenvalue weighted by molar-refractivity contribution is 5.64. The molecule has 1 aromatic heterocycles. The summed E-state index contributed by atoms with van der Waals surface area (Å²) in [5, 5.41) is 9.60. The van der Waals surface area contributed by atoms with Crippen LogP contribution in [0.5, 0.6) is 0 Å². The summed E-state index contributed by atoms with van der Waals surface area (Å²) in [6.07, 6.45) is 10.9. The third kappa shape index (κ3) is 2.17. The fourth-order valence-corrected chi connectivity index (χ4v) is 1.77. The Kier molecular flexibility index (Phi) is 2.89. The van der Waals surface area contributed by atoms with Crippen molar-refractivity contribution in [3.63, 3.8) is 0 Å². The molecule has 0 bridgehead atoms. The van der Waals surface area contributed by atoms with Crippen molar-refractivity contribution in [2.75, 3.05) is 0 Å². The van der Waals surface area contributed by atoms with Crippen LogP contribution in [0.1, 0.15) is 31.2 Å². The van der Waals surface area contributed by atoms with Crippen molar-refractivity contribution < 1.29 is 5.11 Å². The Labute approximate surface area is 83.5 Å². The number of aliphatic hydroxyl groups excluding tert-OH is 1. The van der Waals surface area contributed by atoms with Crippen LogP contribution in [-0.4, -0.2) is 21.2 Å². The van der Waals surface area contributed by atoms with Crippen LogP contribution in [0.2, 0.25) is 0 Å². The summed E-state index contributed by atoms with van der Waals surface area (Å²) in [5.74, 6) is 0. The van der Waals surface area contributed by atoms with E-state index in [1.54, 1.807) is 12.4 Å². The molecule has 1 aromatic rings. The quantitative estimate of drug-likeness (QED) is 0.734. The first kappa shape index (κ1) is 9.34. The molecule has 1 unspecified atom stereocenters. The third-order valence-electron chi connectivity index (χ3n) is 2.52. The first-order chi connectivity index (χ1) is 6.86. The van der Waals surface area contributed by atoms with Crippen molar-refractivity contribution in [3.8, 4) is 0 Å². The van der Waals surface area contributed by atoms with Gasteiger partial charge in [-0.15, -0.1) is 0 Å². The van der Waals surface area contributed by atoms with Gasteiger partial charge in [0.05, 0.1) is 6.10 Å².